The Bertz CT molecular complexity index is 656. The molecule has 0 fully saturated rings. The molecule has 0 saturated heterocycles. The molecule has 0 aromatic heterocycles. The van der Waals surface area contributed by atoms with Crippen LogP contribution in [0.25, 0.3) is 0 Å². The van der Waals surface area contributed by atoms with Crippen LogP contribution in [0.2, 0.25) is 0 Å². The van der Waals surface area contributed by atoms with Gasteiger partial charge in [-0.05, 0) is 23.8 Å². The molecule has 1 nitrogen and oxygen atoms in total. The lowest BCUT2D eigenvalue weighted by Gasteiger charge is -2.18. The third-order valence-electron chi connectivity index (χ3n) is 2.26. The molecule has 0 heterocycles. The summed E-state index contributed by atoms with van der Waals surface area (Å²) < 4.78 is 115. The molecule has 12 heteroatoms. The van der Waals surface area contributed by atoms with E-state index in [4.69, 9.17) is 11.6 Å². The van der Waals surface area contributed by atoms with Crippen LogP contribution in [0.3, 0.4) is 0 Å². The van der Waals surface area contributed by atoms with Gasteiger partial charge >= 0.3 is 12.0 Å². The summed E-state index contributed by atoms with van der Waals surface area (Å²) in [7, 11) is 0. The fraction of sp³-hybridized carbons (Fsp3) is 0.100. The van der Waals surface area contributed by atoms with Crippen molar-refractivity contribution in [1.82, 2.24) is 0 Å². The number of benzene rings is 1. The first-order valence-electron chi connectivity index (χ1n) is 4.85. The highest BCUT2D eigenvalue weighted by Gasteiger charge is 2.47. The maximum absolute atomic E-state index is 13.5. The van der Waals surface area contributed by atoms with Crippen LogP contribution >= 0.6 is 23.8 Å². The van der Waals surface area contributed by atoms with Crippen molar-refractivity contribution in [3.05, 3.63) is 41.0 Å². The number of halogens is 10. The summed E-state index contributed by atoms with van der Waals surface area (Å²) >= 11 is 8.94. The zero-order chi connectivity index (χ0) is 17.4. The van der Waals surface area contributed by atoms with Crippen LogP contribution in [0.5, 0.6) is 0 Å². The van der Waals surface area contributed by atoms with Gasteiger partial charge < -0.3 is 0 Å². The third kappa shape index (κ3) is 3.14. The normalized spacial score (nSPS) is 11.4. The number of nitrogens with zero attached hydrogens (tertiary/aromatic N) is 1. The van der Waals surface area contributed by atoms with E-state index >= 15 is 0 Å². The van der Waals surface area contributed by atoms with E-state index < -0.39 is 56.1 Å². The molecule has 0 spiro atoms. The Morgan fingerprint density at radius 1 is 1.09 bits per heavy atom. The van der Waals surface area contributed by atoms with Crippen LogP contribution in [0.1, 0.15) is 5.56 Å². The molecule has 0 bridgehead atoms. The predicted octanol–water partition coefficient (Wildman–Crippen LogP) is 5.49. The van der Waals surface area contributed by atoms with E-state index in [0.717, 1.165) is 0 Å². The van der Waals surface area contributed by atoms with Gasteiger partial charge in [0.25, 0.3) is 0 Å². The highest BCUT2D eigenvalue weighted by molar-refractivity contribution is 7.83. The van der Waals surface area contributed by atoms with Gasteiger partial charge in [0.2, 0.25) is 10.3 Å². The monoisotopic (exact) mass is 373 g/mol. The van der Waals surface area contributed by atoms with Gasteiger partial charge in [-0.15, -0.1) is 0 Å². The molecular formula is C10HClF9NS. The lowest BCUT2D eigenvalue weighted by Crippen LogP contribution is -2.23. The molecule has 0 N–H and O–H groups in total. The van der Waals surface area contributed by atoms with Crippen molar-refractivity contribution >= 4 is 34.0 Å². The number of hydrogen-bond acceptors (Lipinski definition) is 1. The molecule has 1 aromatic carbocycles. The van der Waals surface area contributed by atoms with Crippen LogP contribution in [-0.2, 0) is 5.92 Å². The topological polar surface area (TPSA) is 3.24 Å². The Balaban J connectivity index is 3.65. The molecule has 1 rings (SSSR count). The molecule has 22 heavy (non-hydrogen) atoms. The maximum Gasteiger partial charge on any atom is 0.335 e. The molecule has 0 aliphatic rings. The van der Waals surface area contributed by atoms with Crippen molar-refractivity contribution in [2.75, 3.05) is 5.12 Å². The Labute approximate surface area is 126 Å². The Morgan fingerprint density at radius 2 is 1.59 bits per heavy atom. The third-order valence-corrected chi connectivity index (χ3v) is 2.57. The van der Waals surface area contributed by atoms with Gasteiger partial charge in [-0.25, -0.2) is 13.2 Å². The Kier molecular flexibility index (Phi) is 5.34. The number of rotatable bonds is 3. The number of thiocarbonyl (C=S) groups is 1. The summed E-state index contributed by atoms with van der Waals surface area (Å²) in [4.78, 5) is 0. The van der Waals surface area contributed by atoms with Crippen LogP contribution in [-0.4, -0.2) is 4.45 Å². The van der Waals surface area contributed by atoms with E-state index in [-0.39, 0.29) is 6.07 Å². The van der Waals surface area contributed by atoms with Crippen molar-refractivity contribution in [3.63, 3.8) is 0 Å². The van der Waals surface area contributed by atoms with Gasteiger partial charge in [0, 0.05) is 6.07 Å². The minimum absolute atomic E-state index is 0.347. The van der Waals surface area contributed by atoms with Gasteiger partial charge in [-0.1, -0.05) is 4.48 Å². The fourth-order valence-electron chi connectivity index (χ4n) is 1.34. The standard InChI is InChI=1S/C10HClF9NS/c11-9(22)21(20)3-1-2(12)4(6(14)5(3)13)10(18,19)7(15)8(16)17/h1H. The lowest BCUT2D eigenvalue weighted by atomic mass is 10.0. The van der Waals surface area contributed by atoms with Gasteiger partial charge in [0.15, 0.2) is 11.6 Å². The van der Waals surface area contributed by atoms with E-state index in [2.05, 4.69) is 12.2 Å². The fourth-order valence-corrected chi connectivity index (χ4v) is 1.53. The van der Waals surface area contributed by atoms with Crippen molar-refractivity contribution in [3.8, 4) is 0 Å². The molecule has 1 aromatic rings. The van der Waals surface area contributed by atoms with Crippen molar-refractivity contribution in [1.29, 1.82) is 0 Å². The summed E-state index contributed by atoms with van der Waals surface area (Å²) in [5.74, 6) is -16.6. The van der Waals surface area contributed by atoms with E-state index in [1.165, 1.54) is 0 Å². The van der Waals surface area contributed by atoms with Gasteiger partial charge in [0.05, 0.1) is 0 Å². The van der Waals surface area contributed by atoms with Crippen molar-refractivity contribution < 1.29 is 39.6 Å². The number of hydrogen-bond donors (Lipinski definition) is 0. The first-order valence-corrected chi connectivity index (χ1v) is 5.63. The number of alkyl halides is 2. The second-order valence-corrected chi connectivity index (χ2v) is 4.53. The Hall–Kier alpha value is -1.49. The second-order valence-electron chi connectivity index (χ2n) is 3.56. The molecule has 0 atom stereocenters. The smallest absolute Gasteiger partial charge is 0.206 e. The van der Waals surface area contributed by atoms with Crippen LogP contribution in [0.4, 0.5) is 45.3 Å². The molecular weight excluding hydrogens is 373 g/mol. The van der Waals surface area contributed by atoms with Crippen molar-refractivity contribution in [2.24, 2.45) is 0 Å². The van der Waals surface area contributed by atoms with Crippen LogP contribution in [0, 0.1) is 17.5 Å². The average molecular weight is 374 g/mol. The van der Waals surface area contributed by atoms with E-state index in [9.17, 15) is 39.6 Å². The largest absolute Gasteiger partial charge is 0.335 e. The van der Waals surface area contributed by atoms with Gasteiger partial charge in [-0.2, -0.15) is 27.1 Å². The van der Waals surface area contributed by atoms with E-state index in [1.807, 2.05) is 0 Å². The molecule has 0 aliphatic heterocycles. The Morgan fingerprint density at radius 3 is 2.00 bits per heavy atom. The number of anilines is 1. The zero-order valence-electron chi connectivity index (χ0n) is 9.71. The minimum atomic E-state index is -5.52. The maximum atomic E-state index is 13.5. The lowest BCUT2D eigenvalue weighted by molar-refractivity contribution is -0.00150. The first-order chi connectivity index (χ1) is 9.92. The first kappa shape index (κ1) is 18.6. The van der Waals surface area contributed by atoms with Crippen LogP contribution in [0.15, 0.2) is 18.0 Å². The summed E-state index contributed by atoms with van der Waals surface area (Å²) in [6, 6.07) is -0.347. The van der Waals surface area contributed by atoms with E-state index in [0.29, 0.717) is 0 Å². The highest BCUT2D eigenvalue weighted by atomic mass is 35.5. The zero-order valence-corrected chi connectivity index (χ0v) is 11.3. The number of allylic oxidation sites excluding steroid dienone is 1. The molecule has 0 unspecified atom stereocenters. The minimum Gasteiger partial charge on any atom is -0.206 e. The molecule has 0 amide bonds. The summed E-state index contributed by atoms with van der Waals surface area (Å²) in [5, 5.41) is -0.970. The summed E-state index contributed by atoms with van der Waals surface area (Å²) in [6.45, 7) is 0. The molecule has 122 valence electrons. The predicted molar refractivity (Wildman–Crippen MR) is 62.6 cm³/mol. The summed E-state index contributed by atoms with van der Waals surface area (Å²) in [6.07, 6.45) is -3.57. The van der Waals surface area contributed by atoms with E-state index in [1.54, 1.807) is 0 Å². The van der Waals surface area contributed by atoms with Crippen LogP contribution < -0.4 is 5.12 Å². The molecule has 0 saturated carbocycles. The van der Waals surface area contributed by atoms with Gasteiger partial charge in [0.1, 0.15) is 17.1 Å². The van der Waals surface area contributed by atoms with Gasteiger partial charge in [-0.3, -0.25) is 0 Å². The second kappa shape index (κ2) is 6.32. The molecule has 0 radical (unpaired) electrons. The van der Waals surface area contributed by atoms with Crippen molar-refractivity contribution in [2.45, 2.75) is 5.92 Å². The SMILES string of the molecule is FC(F)=C(F)C(F)(F)c1c(F)cc(N(F)C(=S)Cl)c(F)c1F. The highest BCUT2D eigenvalue weighted by Crippen LogP contribution is 2.43. The molecule has 0 aliphatic carbocycles. The average Bonchev–Trinajstić information content (AvgIpc) is 2.40. The quantitative estimate of drug-likeness (QED) is 0.172. The summed E-state index contributed by atoms with van der Waals surface area (Å²) in [5.41, 5.74) is -4.30.